The summed E-state index contributed by atoms with van der Waals surface area (Å²) in [4.78, 5) is 0. The zero-order valence-corrected chi connectivity index (χ0v) is 9.50. The normalized spacial score (nSPS) is 13.5. The lowest BCUT2D eigenvalue weighted by Gasteiger charge is -2.09. The van der Waals surface area contributed by atoms with Gasteiger partial charge in [0.15, 0.2) is 0 Å². The van der Waals surface area contributed by atoms with Crippen molar-refractivity contribution >= 4 is 0 Å². The fourth-order valence-electron chi connectivity index (χ4n) is 1.47. The maximum Gasteiger partial charge on any atom is 0.139 e. The van der Waals surface area contributed by atoms with E-state index < -0.39 is 0 Å². The molecule has 0 fully saturated rings. The minimum atomic E-state index is 0.420. The van der Waals surface area contributed by atoms with Crippen molar-refractivity contribution < 1.29 is 4.52 Å². The molecule has 0 aliphatic rings. The van der Waals surface area contributed by atoms with Gasteiger partial charge in [-0.15, -0.1) is 0 Å². The van der Waals surface area contributed by atoms with Crippen LogP contribution in [0.1, 0.15) is 50.5 Å². The van der Waals surface area contributed by atoms with Crippen molar-refractivity contribution in [1.29, 1.82) is 0 Å². The van der Waals surface area contributed by atoms with Crippen LogP contribution in [0, 0.1) is 0 Å². The van der Waals surface area contributed by atoms with E-state index >= 15 is 0 Å². The molecule has 3 nitrogen and oxygen atoms in total. The van der Waals surface area contributed by atoms with Crippen LogP contribution in [0.25, 0.3) is 0 Å². The topological polar surface area (TPSA) is 38.1 Å². The van der Waals surface area contributed by atoms with E-state index in [0.717, 1.165) is 24.4 Å². The molecule has 1 atom stereocenters. The Morgan fingerprint density at radius 1 is 1.50 bits per heavy atom. The first-order chi connectivity index (χ1) is 6.69. The van der Waals surface area contributed by atoms with Crippen LogP contribution in [0.4, 0.5) is 0 Å². The Hall–Kier alpha value is -0.830. The summed E-state index contributed by atoms with van der Waals surface area (Å²) >= 11 is 0. The summed E-state index contributed by atoms with van der Waals surface area (Å²) in [7, 11) is 1.96. The van der Waals surface area contributed by atoms with Gasteiger partial charge >= 0.3 is 0 Å². The number of likely N-dealkylation sites (N-methyl/N-ethyl adjacent to an activating group) is 1. The Bertz CT molecular complexity index is 268. The van der Waals surface area contributed by atoms with E-state index in [1.54, 1.807) is 0 Å². The van der Waals surface area contributed by atoms with E-state index in [0.29, 0.717) is 11.8 Å². The fourth-order valence-corrected chi connectivity index (χ4v) is 1.47. The molecule has 14 heavy (non-hydrogen) atoms. The Balaban J connectivity index is 2.73. The van der Waals surface area contributed by atoms with Crippen molar-refractivity contribution in [2.75, 3.05) is 13.6 Å². The number of aromatic nitrogens is 1. The zero-order valence-electron chi connectivity index (χ0n) is 9.50. The maximum absolute atomic E-state index is 5.28. The lowest BCUT2D eigenvalue weighted by Crippen LogP contribution is -2.16. The van der Waals surface area contributed by atoms with Crippen molar-refractivity contribution in [3.63, 3.8) is 0 Å². The number of hydrogen-bond acceptors (Lipinski definition) is 3. The van der Waals surface area contributed by atoms with Crippen LogP contribution in [0.15, 0.2) is 10.6 Å². The second-order valence-electron chi connectivity index (χ2n) is 3.97. The third-order valence-corrected chi connectivity index (χ3v) is 2.48. The summed E-state index contributed by atoms with van der Waals surface area (Å²) in [6, 6.07) is 2.08. The van der Waals surface area contributed by atoms with E-state index in [4.69, 9.17) is 4.52 Å². The zero-order chi connectivity index (χ0) is 10.6. The molecule has 0 saturated heterocycles. The molecule has 0 aliphatic carbocycles. The number of rotatable bonds is 5. The predicted octanol–water partition coefficient (Wildman–Crippen LogP) is 2.51. The summed E-state index contributed by atoms with van der Waals surface area (Å²) in [5, 5.41) is 7.29. The monoisotopic (exact) mass is 196 g/mol. The average molecular weight is 196 g/mol. The van der Waals surface area contributed by atoms with Crippen molar-refractivity contribution in [3.05, 3.63) is 17.5 Å². The smallest absolute Gasteiger partial charge is 0.139 e. The van der Waals surface area contributed by atoms with Gasteiger partial charge in [0.1, 0.15) is 5.76 Å². The number of nitrogens with one attached hydrogen (secondary N) is 1. The van der Waals surface area contributed by atoms with Crippen LogP contribution < -0.4 is 5.32 Å². The molecule has 0 saturated carbocycles. The lowest BCUT2D eigenvalue weighted by atomic mass is 10.0. The van der Waals surface area contributed by atoms with Crippen molar-refractivity contribution in [2.24, 2.45) is 0 Å². The highest BCUT2D eigenvalue weighted by Gasteiger charge is 2.15. The highest BCUT2D eigenvalue weighted by molar-refractivity contribution is 5.13. The quantitative estimate of drug-likeness (QED) is 0.786. The van der Waals surface area contributed by atoms with Crippen LogP contribution in [-0.4, -0.2) is 18.7 Å². The van der Waals surface area contributed by atoms with Gasteiger partial charge in [0.2, 0.25) is 0 Å². The second-order valence-corrected chi connectivity index (χ2v) is 3.97. The molecule has 1 heterocycles. The van der Waals surface area contributed by atoms with Gasteiger partial charge in [-0.25, -0.2) is 0 Å². The van der Waals surface area contributed by atoms with Gasteiger partial charge in [-0.2, -0.15) is 0 Å². The van der Waals surface area contributed by atoms with Gasteiger partial charge in [-0.05, 0) is 13.5 Å². The van der Waals surface area contributed by atoms with Gasteiger partial charge < -0.3 is 9.84 Å². The Morgan fingerprint density at radius 2 is 2.21 bits per heavy atom. The largest absolute Gasteiger partial charge is 0.361 e. The van der Waals surface area contributed by atoms with E-state index in [1.807, 2.05) is 7.05 Å². The molecular weight excluding hydrogens is 176 g/mol. The van der Waals surface area contributed by atoms with Crippen LogP contribution >= 0.6 is 0 Å². The molecule has 0 spiro atoms. The van der Waals surface area contributed by atoms with Crippen LogP contribution in [0.5, 0.6) is 0 Å². The Labute approximate surface area is 85.9 Å². The van der Waals surface area contributed by atoms with Crippen molar-refractivity contribution in [1.82, 2.24) is 10.5 Å². The molecule has 0 amide bonds. The SMILES string of the molecule is CCC(CNC)c1cc(C(C)C)on1. The first-order valence-electron chi connectivity index (χ1n) is 5.30. The summed E-state index contributed by atoms with van der Waals surface area (Å²) in [6.07, 6.45) is 1.09. The standard InChI is InChI=1S/C11H20N2O/c1-5-9(7-12-4)10-6-11(8(2)3)14-13-10/h6,8-9,12H,5,7H2,1-4H3. The molecule has 0 aliphatic heterocycles. The number of hydrogen-bond donors (Lipinski definition) is 1. The third-order valence-electron chi connectivity index (χ3n) is 2.48. The molecule has 3 heteroatoms. The Morgan fingerprint density at radius 3 is 2.64 bits per heavy atom. The molecular formula is C11H20N2O. The first kappa shape index (κ1) is 11.2. The van der Waals surface area contributed by atoms with E-state index in [2.05, 4.69) is 37.3 Å². The molecule has 0 bridgehead atoms. The number of nitrogens with zero attached hydrogens (tertiary/aromatic N) is 1. The third kappa shape index (κ3) is 2.58. The fraction of sp³-hybridized carbons (Fsp3) is 0.727. The van der Waals surface area contributed by atoms with Crippen molar-refractivity contribution in [2.45, 2.75) is 39.0 Å². The molecule has 1 aromatic heterocycles. The van der Waals surface area contributed by atoms with Crippen LogP contribution in [-0.2, 0) is 0 Å². The summed E-state index contributed by atoms with van der Waals surface area (Å²) in [6.45, 7) is 7.36. The van der Waals surface area contributed by atoms with E-state index in [1.165, 1.54) is 0 Å². The molecule has 1 rings (SSSR count). The average Bonchev–Trinajstić information content (AvgIpc) is 2.63. The highest BCUT2D eigenvalue weighted by atomic mass is 16.5. The molecule has 0 radical (unpaired) electrons. The van der Waals surface area contributed by atoms with Gasteiger partial charge in [0, 0.05) is 24.4 Å². The minimum Gasteiger partial charge on any atom is -0.361 e. The minimum absolute atomic E-state index is 0.420. The molecule has 0 aromatic carbocycles. The van der Waals surface area contributed by atoms with Crippen LogP contribution in [0.3, 0.4) is 0 Å². The summed E-state index contributed by atoms with van der Waals surface area (Å²) in [5.41, 5.74) is 1.07. The van der Waals surface area contributed by atoms with E-state index in [-0.39, 0.29) is 0 Å². The van der Waals surface area contributed by atoms with Gasteiger partial charge in [-0.3, -0.25) is 0 Å². The van der Waals surface area contributed by atoms with Crippen LogP contribution in [0.2, 0.25) is 0 Å². The van der Waals surface area contributed by atoms with Gasteiger partial charge in [0.05, 0.1) is 5.69 Å². The maximum atomic E-state index is 5.28. The summed E-state index contributed by atoms with van der Waals surface area (Å²) in [5.74, 6) is 1.87. The van der Waals surface area contributed by atoms with Gasteiger partial charge in [0.25, 0.3) is 0 Å². The molecule has 1 N–H and O–H groups in total. The van der Waals surface area contributed by atoms with E-state index in [9.17, 15) is 0 Å². The molecule has 80 valence electrons. The highest BCUT2D eigenvalue weighted by Crippen LogP contribution is 2.22. The van der Waals surface area contributed by atoms with Gasteiger partial charge in [-0.1, -0.05) is 25.9 Å². The lowest BCUT2D eigenvalue weighted by molar-refractivity contribution is 0.360. The first-order valence-corrected chi connectivity index (χ1v) is 5.30. The Kier molecular flexibility index (Phi) is 4.14. The predicted molar refractivity (Wildman–Crippen MR) is 57.6 cm³/mol. The second kappa shape index (κ2) is 5.15. The van der Waals surface area contributed by atoms with Crippen molar-refractivity contribution in [3.8, 4) is 0 Å². The molecule has 1 aromatic rings. The summed E-state index contributed by atoms with van der Waals surface area (Å²) < 4.78 is 5.28. The molecule has 1 unspecified atom stereocenters.